The van der Waals surface area contributed by atoms with Gasteiger partial charge in [0.25, 0.3) is 0 Å². The lowest BCUT2D eigenvalue weighted by atomic mass is 9.80. The highest BCUT2D eigenvalue weighted by Gasteiger charge is 2.28. The first kappa shape index (κ1) is 15.3. The fourth-order valence-electron chi connectivity index (χ4n) is 3.02. The number of nitrogens with two attached hydrogens (primary N) is 1. The average molecular weight is 296 g/mol. The molecule has 2 rings (SSSR count). The van der Waals surface area contributed by atoms with Crippen LogP contribution in [0.1, 0.15) is 38.7 Å². The molecule has 4 nitrogen and oxygen atoms in total. The Morgan fingerprint density at radius 3 is 2.70 bits per heavy atom. The Labute approximate surface area is 121 Å². The molecule has 0 radical (unpaired) electrons. The summed E-state index contributed by atoms with van der Waals surface area (Å²) in [6.45, 7) is 4.36. The van der Waals surface area contributed by atoms with E-state index in [1.54, 1.807) is 24.3 Å². The monoisotopic (exact) mass is 296 g/mol. The van der Waals surface area contributed by atoms with Crippen LogP contribution in [0.4, 0.5) is 5.69 Å². The van der Waals surface area contributed by atoms with Crippen molar-refractivity contribution in [2.75, 3.05) is 5.73 Å². The van der Waals surface area contributed by atoms with Crippen molar-refractivity contribution in [3.63, 3.8) is 0 Å². The van der Waals surface area contributed by atoms with Crippen molar-refractivity contribution in [3.05, 3.63) is 29.8 Å². The van der Waals surface area contributed by atoms with Crippen molar-refractivity contribution in [2.24, 2.45) is 11.8 Å². The number of anilines is 1. The minimum atomic E-state index is -3.31. The third kappa shape index (κ3) is 4.21. The second kappa shape index (κ2) is 6.14. The second-order valence-electron chi connectivity index (χ2n) is 6.12. The van der Waals surface area contributed by atoms with Crippen LogP contribution in [-0.2, 0) is 15.8 Å². The summed E-state index contributed by atoms with van der Waals surface area (Å²) in [4.78, 5) is 0. The molecule has 3 N–H and O–H groups in total. The molecule has 1 aromatic rings. The van der Waals surface area contributed by atoms with Gasteiger partial charge < -0.3 is 5.73 Å². The van der Waals surface area contributed by atoms with Gasteiger partial charge >= 0.3 is 0 Å². The molecule has 0 bridgehead atoms. The zero-order valence-corrected chi connectivity index (χ0v) is 13.0. The summed E-state index contributed by atoms with van der Waals surface area (Å²) in [7, 11) is -3.31. The molecule has 1 saturated carbocycles. The smallest absolute Gasteiger partial charge is 0.216 e. The standard InChI is InChI=1S/C15H24N2O2S/c1-11-6-7-15(12(2)8-11)17-20(18,19)10-13-4-3-5-14(16)9-13/h3-5,9,11-12,15,17H,6-8,10,16H2,1-2H3. The van der Waals surface area contributed by atoms with Gasteiger partial charge in [0.2, 0.25) is 10.0 Å². The maximum atomic E-state index is 12.3. The molecule has 1 fully saturated rings. The molecule has 1 aromatic carbocycles. The molecule has 112 valence electrons. The van der Waals surface area contributed by atoms with Gasteiger partial charge in [-0.3, -0.25) is 0 Å². The van der Waals surface area contributed by atoms with Crippen molar-refractivity contribution in [1.29, 1.82) is 0 Å². The van der Waals surface area contributed by atoms with E-state index in [4.69, 9.17) is 5.73 Å². The van der Waals surface area contributed by atoms with Crippen LogP contribution in [0.2, 0.25) is 0 Å². The maximum Gasteiger partial charge on any atom is 0.216 e. The summed E-state index contributed by atoms with van der Waals surface area (Å²) in [5, 5.41) is 0. The summed E-state index contributed by atoms with van der Waals surface area (Å²) in [6.07, 6.45) is 3.11. The van der Waals surface area contributed by atoms with Gasteiger partial charge in [0.05, 0.1) is 5.75 Å². The molecule has 1 aliphatic carbocycles. The van der Waals surface area contributed by atoms with Gasteiger partial charge in [0.1, 0.15) is 0 Å². The van der Waals surface area contributed by atoms with Crippen molar-refractivity contribution in [1.82, 2.24) is 4.72 Å². The summed E-state index contributed by atoms with van der Waals surface area (Å²) in [6, 6.07) is 7.12. The van der Waals surface area contributed by atoms with Crippen LogP contribution in [0.3, 0.4) is 0 Å². The number of nitrogens with one attached hydrogen (secondary N) is 1. The molecule has 5 heteroatoms. The Kier molecular flexibility index (Phi) is 4.70. The topological polar surface area (TPSA) is 72.2 Å². The predicted octanol–water partition coefficient (Wildman–Crippen LogP) is 2.51. The molecule has 3 unspecified atom stereocenters. The Morgan fingerprint density at radius 1 is 1.30 bits per heavy atom. The first-order valence-corrected chi connectivity index (χ1v) is 8.85. The van der Waals surface area contributed by atoms with Crippen LogP contribution in [0.25, 0.3) is 0 Å². The fourth-order valence-corrected chi connectivity index (χ4v) is 4.53. The Morgan fingerprint density at radius 2 is 2.05 bits per heavy atom. The number of sulfonamides is 1. The molecule has 0 heterocycles. The van der Waals surface area contributed by atoms with Crippen LogP contribution in [0.5, 0.6) is 0 Å². The summed E-state index contributed by atoms with van der Waals surface area (Å²) in [5.41, 5.74) is 7.01. The molecule has 1 aliphatic rings. The zero-order chi connectivity index (χ0) is 14.8. The van der Waals surface area contributed by atoms with Gasteiger partial charge in [0, 0.05) is 11.7 Å². The lowest BCUT2D eigenvalue weighted by Crippen LogP contribution is -2.42. The summed E-state index contributed by atoms with van der Waals surface area (Å²) in [5.74, 6) is 1.09. The predicted molar refractivity (Wildman–Crippen MR) is 82.6 cm³/mol. The molecule has 20 heavy (non-hydrogen) atoms. The third-order valence-electron chi connectivity index (χ3n) is 4.07. The first-order chi connectivity index (χ1) is 9.35. The summed E-state index contributed by atoms with van der Waals surface area (Å²) >= 11 is 0. The van der Waals surface area contributed by atoms with Crippen molar-refractivity contribution < 1.29 is 8.42 Å². The number of benzene rings is 1. The highest BCUT2D eigenvalue weighted by molar-refractivity contribution is 7.88. The number of rotatable bonds is 4. The van der Waals surface area contributed by atoms with Crippen LogP contribution >= 0.6 is 0 Å². The second-order valence-corrected chi connectivity index (χ2v) is 7.88. The number of nitrogen functional groups attached to an aromatic ring is 1. The normalized spacial score (nSPS) is 27.4. The van der Waals surface area contributed by atoms with Gasteiger partial charge in [0.15, 0.2) is 0 Å². The third-order valence-corrected chi connectivity index (χ3v) is 5.45. The minimum absolute atomic E-state index is 0.00316. The SMILES string of the molecule is CC1CCC(NS(=O)(=O)Cc2cccc(N)c2)C(C)C1. The molecule has 3 atom stereocenters. The zero-order valence-electron chi connectivity index (χ0n) is 12.2. The molecule has 0 amide bonds. The molecule has 0 spiro atoms. The van der Waals surface area contributed by atoms with E-state index in [1.165, 1.54) is 0 Å². The highest BCUT2D eigenvalue weighted by atomic mass is 32.2. The van der Waals surface area contributed by atoms with Gasteiger partial charge in [-0.25, -0.2) is 13.1 Å². The van der Waals surface area contributed by atoms with Gasteiger partial charge in [-0.15, -0.1) is 0 Å². The van der Waals surface area contributed by atoms with Crippen LogP contribution < -0.4 is 10.5 Å². The molecule has 0 aliphatic heterocycles. The maximum absolute atomic E-state index is 12.3. The number of hydrogen-bond acceptors (Lipinski definition) is 3. The van der Waals surface area contributed by atoms with E-state index in [2.05, 4.69) is 18.6 Å². The molecular weight excluding hydrogens is 272 g/mol. The van der Waals surface area contributed by atoms with Crippen molar-refractivity contribution in [3.8, 4) is 0 Å². The Bertz CT molecular complexity index is 557. The van der Waals surface area contributed by atoms with E-state index in [1.807, 2.05) is 0 Å². The number of hydrogen-bond donors (Lipinski definition) is 2. The fraction of sp³-hybridized carbons (Fsp3) is 0.600. The summed E-state index contributed by atoms with van der Waals surface area (Å²) < 4.78 is 27.4. The van der Waals surface area contributed by atoms with E-state index >= 15 is 0 Å². The Hall–Kier alpha value is -1.07. The minimum Gasteiger partial charge on any atom is -0.399 e. The van der Waals surface area contributed by atoms with Crippen molar-refractivity contribution in [2.45, 2.75) is 44.9 Å². The Balaban J connectivity index is 2.00. The van der Waals surface area contributed by atoms with E-state index in [-0.39, 0.29) is 11.8 Å². The highest BCUT2D eigenvalue weighted by Crippen LogP contribution is 2.29. The van der Waals surface area contributed by atoms with Crippen LogP contribution in [0.15, 0.2) is 24.3 Å². The van der Waals surface area contributed by atoms with E-state index in [0.717, 1.165) is 24.8 Å². The van der Waals surface area contributed by atoms with Gasteiger partial charge in [-0.2, -0.15) is 0 Å². The lowest BCUT2D eigenvalue weighted by molar-refractivity contribution is 0.249. The van der Waals surface area contributed by atoms with Gasteiger partial charge in [-0.05, 0) is 48.8 Å². The molecular formula is C15H24N2O2S. The van der Waals surface area contributed by atoms with Gasteiger partial charge in [-0.1, -0.05) is 26.0 Å². The van der Waals surface area contributed by atoms with Crippen molar-refractivity contribution >= 4 is 15.7 Å². The van der Waals surface area contributed by atoms with E-state index in [9.17, 15) is 8.42 Å². The largest absolute Gasteiger partial charge is 0.399 e. The quantitative estimate of drug-likeness (QED) is 0.839. The van der Waals surface area contributed by atoms with Crippen LogP contribution in [-0.4, -0.2) is 14.5 Å². The average Bonchev–Trinajstić information content (AvgIpc) is 2.32. The van der Waals surface area contributed by atoms with E-state index in [0.29, 0.717) is 17.5 Å². The van der Waals surface area contributed by atoms with Crippen LogP contribution in [0, 0.1) is 11.8 Å². The molecule has 0 saturated heterocycles. The lowest BCUT2D eigenvalue weighted by Gasteiger charge is -2.32. The first-order valence-electron chi connectivity index (χ1n) is 7.20. The van der Waals surface area contributed by atoms with E-state index < -0.39 is 10.0 Å². The molecule has 0 aromatic heterocycles.